The first-order valence-electron chi connectivity index (χ1n) is 11.1. The number of sulfonamides is 1. The predicted molar refractivity (Wildman–Crippen MR) is 101 cm³/mol. The monoisotopic (exact) mass is 379 g/mol. The van der Waals surface area contributed by atoms with E-state index in [9.17, 15) is 8.42 Å². The molecule has 26 heavy (non-hydrogen) atoms. The van der Waals surface area contributed by atoms with E-state index in [1.54, 1.807) is 12.1 Å². The molecule has 6 heteroatoms. The fraction of sp³-hybridized carbons (Fsp3) is 0.400. The van der Waals surface area contributed by atoms with Crippen molar-refractivity contribution in [3.63, 3.8) is 0 Å². The average Bonchev–Trinajstić information content (AvgIpc) is 2.66. The molecule has 0 amide bonds. The summed E-state index contributed by atoms with van der Waals surface area (Å²) >= 11 is 0. The summed E-state index contributed by atoms with van der Waals surface area (Å²) in [5.41, 5.74) is 0.0436. The quantitative estimate of drug-likeness (QED) is 0.840. The minimum absolute atomic E-state index is 0.0666. The Morgan fingerprint density at radius 1 is 1.27 bits per heavy atom. The van der Waals surface area contributed by atoms with Gasteiger partial charge in [-0.3, -0.25) is 0 Å². The van der Waals surface area contributed by atoms with Crippen molar-refractivity contribution in [2.24, 2.45) is 5.92 Å². The van der Waals surface area contributed by atoms with Gasteiger partial charge >= 0.3 is 0 Å². The second-order valence-electron chi connectivity index (χ2n) is 7.10. The number of hydrogen-bond donors (Lipinski definition) is 2. The van der Waals surface area contributed by atoms with Crippen molar-refractivity contribution < 1.29 is 19.7 Å². The molecule has 1 aliphatic carbocycles. The third-order valence-electron chi connectivity index (χ3n) is 5.20. The van der Waals surface area contributed by atoms with Crippen LogP contribution in [0.1, 0.15) is 25.3 Å². The number of piperidine rings is 2. The highest BCUT2D eigenvalue weighted by molar-refractivity contribution is 7.88. The SMILES string of the molecule is [2H]c1c([2H])c([2H])c(-c2cccc(C[C@@H]3NC4CC(C4)[C@@H]3NS(C)(=O)=O)c2F)c([2H])c1[2H]. The summed E-state index contributed by atoms with van der Waals surface area (Å²) in [6.45, 7) is 0. The van der Waals surface area contributed by atoms with Gasteiger partial charge in [0.15, 0.2) is 0 Å². The van der Waals surface area contributed by atoms with E-state index in [0.717, 1.165) is 19.1 Å². The minimum atomic E-state index is -3.44. The topological polar surface area (TPSA) is 58.2 Å². The van der Waals surface area contributed by atoms with Gasteiger partial charge in [-0.05, 0) is 36.3 Å². The third kappa shape index (κ3) is 3.54. The number of fused-ring (bicyclic) bond motifs is 2. The van der Waals surface area contributed by atoms with Crippen molar-refractivity contribution >= 4 is 10.0 Å². The Labute approximate surface area is 160 Å². The molecule has 0 radical (unpaired) electrons. The molecule has 2 N–H and O–H groups in total. The lowest BCUT2D eigenvalue weighted by Crippen LogP contribution is -2.67. The molecule has 0 spiro atoms. The van der Waals surface area contributed by atoms with Crippen LogP contribution in [-0.2, 0) is 16.4 Å². The highest BCUT2D eigenvalue weighted by Crippen LogP contribution is 2.38. The molecule has 2 atom stereocenters. The second-order valence-corrected chi connectivity index (χ2v) is 8.88. The molecule has 3 fully saturated rings. The lowest BCUT2D eigenvalue weighted by Gasteiger charge is -2.52. The third-order valence-corrected chi connectivity index (χ3v) is 5.90. The van der Waals surface area contributed by atoms with E-state index < -0.39 is 46.1 Å². The molecule has 2 saturated heterocycles. The largest absolute Gasteiger partial charge is 0.309 e. The Morgan fingerprint density at radius 2 is 2.00 bits per heavy atom. The molecule has 2 heterocycles. The molecular formula is C20H23FN2O2S. The molecule has 1 saturated carbocycles. The summed E-state index contributed by atoms with van der Waals surface area (Å²) in [4.78, 5) is 0. The predicted octanol–water partition coefficient (Wildman–Crippen LogP) is 2.70. The maximum absolute atomic E-state index is 15.5. The van der Waals surface area contributed by atoms with Crippen LogP contribution in [0.15, 0.2) is 48.4 Å². The van der Waals surface area contributed by atoms with Crippen molar-refractivity contribution in [1.82, 2.24) is 10.0 Å². The molecule has 2 aliphatic heterocycles. The second kappa shape index (κ2) is 6.76. The molecule has 2 aromatic rings. The summed E-state index contributed by atoms with van der Waals surface area (Å²) in [6.07, 6.45) is 3.05. The number of rotatable bonds is 5. The average molecular weight is 380 g/mol. The summed E-state index contributed by atoms with van der Waals surface area (Å²) in [6, 6.07) is 1.66. The highest BCUT2D eigenvalue weighted by Gasteiger charge is 2.46. The van der Waals surface area contributed by atoms with E-state index in [1.807, 2.05) is 0 Å². The molecule has 0 unspecified atom stereocenters. The Kier molecular flexibility index (Phi) is 3.27. The van der Waals surface area contributed by atoms with Crippen LogP contribution in [0.4, 0.5) is 4.39 Å². The van der Waals surface area contributed by atoms with Crippen molar-refractivity contribution in [3.8, 4) is 11.1 Å². The molecule has 5 rings (SSSR count). The van der Waals surface area contributed by atoms with Gasteiger partial charge in [-0.1, -0.05) is 48.4 Å². The van der Waals surface area contributed by atoms with Gasteiger partial charge in [0.05, 0.1) is 13.1 Å². The van der Waals surface area contributed by atoms with Gasteiger partial charge < -0.3 is 5.32 Å². The van der Waals surface area contributed by atoms with Gasteiger partial charge in [-0.15, -0.1) is 0 Å². The normalized spacial score (nSPS) is 30.5. The van der Waals surface area contributed by atoms with Crippen molar-refractivity contribution in [1.29, 1.82) is 0 Å². The van der Waals surface area contributed by atoms with Gasteiger partial charge in [0.1, 0.15) is 5.82 Å². The van der Waals surface area contributed by atoms with Gasteiger partial charge in [0.25, 0.3) is 0 Å². The van der Waals surface area contributed by atoms with Crippen LogP contribution in [0.2, 0.25) is 0 Å². The smallest absolute Gasteiger partial charge is 0.209 e. The molecule has 0 aromatic heterocycles. The standard InChI is InChI=1S/C20H23FN2O2S/c1-26(24,25)23-20-15-10-16(11-15)22-18(20)12-14-8-5-9-17(19(14)21)13-6-3-2-4-7-13/h2-9,15-16,18,20,22-23H,10-12H2,1H3/t15?,16?,18-,20-/m0/s1/i2D,3D,4D,6D,7D. The van der Waals surface area contributed by atoms with E-state index in [-0.39, 0.29) is 41.6 Å². The van der Waals surface area contributed by atoms with Gasteiger partial charge in [0.2, 0.25) is 10.0 Å². The zero-order chi connectivity index (χ0) is 22.7. The van der Waals surface area contributed by atoms with Crippen LogP contribution < -0.4 is 10.0 Å². The van der Waals surface area contributed by atoms with Crippen molar-refractivity contribution in [2.75, 3.05) is 6.26 Å². The molecule has 138 valence electrons. The zero-order valence-electron chi connectivity index (χ0n) is 19.3. The van der Waals surface area contributed by atoms with Crippen LogP contribution in [0.25, 0.3) is 11.1 Å². The summed E-state index contributed by atoms with van der Waals surface area (Å²) in [5, 5.41) is 3.39. The Bertz CT molecular complexity index is 1130. The summed E-state index contributed by atoms with van der Waals surface area (Å²) in [5.74, 6) is -0.474. The first-order valence-corrected chi connectivity index (χ1v) is 10.4. The zero-order valence-corrected chi connectivity index (χ0v) is 15.1. The first kappa shape index (κ1) is 12.6. The van der Waals surface area contributed by atoms with Gasteiger partial charge in [0, 0.05) is 23.7 Å². The van der Waals surface area contributed by atoms with Gasteiger partial charge in [-0.2, -0.15) is 0 Å². The van der Waals surface area contributed by atoms with Crippen LogP contribution in [-0.4, -0.2) is 32.8 Å². The van der Waals surface area contributed by atoms with E-state index in [0.29, 0.717) is 5.56 Å². The Hall–Kier alpha value is -1.76. The number of benzene rings is 2. The Morgan fingerprint density at radius 3 is 2.69 bits per heavy atom. The van der Waals surface area contributed by atoms with Crippen LogP contribution in [0.5, 0.6) is 0 Å². The van der Waals surface area contributed by atoms with Crippen LogP contribution in [0.3, 0.4) is 0 Å². The van der Waals surface area contributed by atoms with E-state index in [1.165, 1.54) is 6.07 Å². The number of hydrogen-bond acceptors (Lipinski definition) is 3. The van der Waals surface area contributed by atoms with Crippen LogP contribution >= 0.6 is 0 Å². The number of nitrogens with one attached hydrogen (secondary N) is 2. The first-order chi connectivity index (χ1) is 14.5. The number of halogens is 1. The van der Waals surface area contributed by atoms with Crippen LogP contribution in [0, 0.1) is 11.7 Å². The van der Waals surface area contributed by atoms with E-state index in [4.69, 9.17) is 6.85 Å². The maximum Gasteiger partial charge on any atom is 0.209 e. The summed E-state index contributed by atoms with van der Waals surface area (Å²) < 4.78 is 81.5. The molecule has 2 bridgehead atoms. The van der Waals surface area contributed by atoms with Crippen molar-refractivity contribution in [2.45, 2.75) is 37.4 Å². The lowest BCUT2D eigenvalue weighted by atomic mass is 9.68. The fourth-order valence-electron chi connectivity index (χ4n) is 3.99. The Balaban J connectivity index is 1.71. The van der Waals surface area contributed by atoms with E-state index >= 15 is 4.39 Å². The molecular weight excluding hydrogens is 351 g/mol. The summed E-state index contributed by atoms with van der Waals surface area (Å²) in [7, 11) is -3.44. The van der Waals surface area contributed by atoms with E-state index in [2.05, 4.69) is 10.0 Å². The maximum atomic E-state index is 15.5. The molecule has 4 nitrogen and oxygen atoms in total. The minimum Gasteiger partial charge on any atom is -0.309 e. The fourth-order valence-corrected chi connectivity index (χ4v) is 4.84. The molecule has 2 aromatic carbocycles. The van der Waals surface area contributed by atoms with Gasteiger partial charge in [-0.25, -0.2) is 17.5 Å². The highest BCUT2D eigenvalue weighted by atomic mass is 32.2. The lowest BCUT2D eigenvalue weighted by molar-refractivity contribution is 0.0809. The van der Waals surface area contributed by atoms with Crippen molar-refractivity contribution in [3.05, 3.63) is 59.8 Å². The molecule has 3 aliphatic rings.